The first kappa shape index (κ1) is 18.2. The van der Waals surface area contributed by atoms with Gasteiger partial charge in [-0.2, -0.15) is 0 Å². The largest absolute Gasteiger partial charge is 0.506 e. The number of guanidine groups is 1. The number of methoxy groups -OCH3 is 1. The lowest BCUT2D eigenvalue weighted by Gasteiger charge is -2.30. The van der Waals surface area contributed by atoms with Gasteiger partial charge in [0, 0.05) is 18.0 Å². The minimum atomic E-state index is -0.462. The highest BCUT2D eigenvalue weighted by Crippen LogP contribution is 2.25. The number of aliphatic imine (C=N–C) groups is 1. The van der Waals surface area contributed by atoms with Gasteiger partial charge in [0.25, 0.3) is 0 Å². The molecule has 1 saturated heterocycles. The van der Waals surface area contributed by atoms with E-state index >= 15 is 0 Å². The van der Waals surface area contributed by atoms with Crippen LogP contribution in [0.15, 0.2) is 40.7 Å². The number of carbonyl (C=O) groups excluding carboxylic acids is 1. The second kappa shape index (κ2) is 8.68. The molecule has 2 N–H and O–H groups in total. The number of thiophene rings is 1. The van der Waals surface area contributed by atoms with Crippen molar-refractivity contribution in [2.45, 2.75) is 6.54 Å². The number of rotatable bonds is 4. The molecule has 8 heteroatoms. The van der Waals surface area contributed by atoms with E-state index in [2.05, 4.69) is 15.2 Å². The third-order valence-corrected chi connectivity index (χ3v) is 4.80. The Kier molecular flexibility index (Phi) is 6.08. The summed E-state index contributed by atoms with van der Waals surface area (Å²) in [5.74, 6) is 0.213. The Balaban J connectivity index is 1.84. The third kappa shape index (κ3) is 4.53. The molecular formula is C18H21N3O4S. The number of aromatic hydroxyl groups is 1. The molecule has 138 valence electrons. The summed E-state index contributed by atoms with van der Waals surface area (Å²) >= 11 is 1.64. The molecule has 1 fully saturated rings. The number of nitrogens with one attached hydrogen (secondary N) is 1. The number of ether oxygens (including phenoxy) is 2. The second-order valence-corrected chi connectivity index (χ2v) is 6.70. The van der Waals surface area contributed by atoms with E-state index in [1.807, 2.05) is 17.5 Å². The van der Waals surface area contributed by atoms with Crippen molar-refractivity contribution in [2.75, 3.05) is 38.7 Å². The Labute approximate surface area is 155 Å². The third-order valence-electron chi connectivity index (χ3n) is 3.94. The van der Waals surface area contributed by atoms with Crippen molar-refractivity contribution in [3.8, 4) is 5.75 Å². The minimum Gasteiger partial charge on any atom is -0.506 e. The van der Waals surface area contributed by atoms with E-state index < -0.39 is 5.97 Å². The van der Waals surface area contributed by atoms with Gasteiger partial charge in [0.05, 0.1) is 38.1 Å². The van der Waals surface area contributed by atoms with E-state index in [4.69, 9.17) is 9.47 Å². The Bertz CT molecular complexity index is 771. The number of anilines is 1. The summed E-state index contributed by atoms with van der Waals surface area (Å²) in [6.45, 7) is 3.18. The Morgan fingerprint density at radius 2 is 2.19 bits per heavy atom. The molecule has 1 aliphatic rings. The van der Waals surface area contributed by atoms with Crippen LogP contribution in [-0.2, 0) is 16.0 Å². The van der Waals surface area contributed by atoms with Crippen LogP contribution < -0.4 is 5.32 Å². The fourth-order valence-corrected chi connectivity index (χ4v) is 3.18. The van der Waals surface area contributed by atoms with E-state index in [1.165, 1.54) is 19.2 Å². The molecule has 0 unspecified atom stereocenters. The Morgan fingerprint density at radius 1 is 1.38 bits per heavy atom. The zero-order chi connectivity index (χ0) is 18.4. The molecule has 0 atom stereocenters. The summed E-state index contributed by atoms with van der Waals surface area (Å²) in [4.78, 5) is 19.7. The van der Waals surface area contributed by atoms with Crippen molar-refractivity contribution in [3.63, 3.8) is 0 Å². The summed E-state index contributed by atoms with van der Waals surface area (Å²) in [6.07, 6.45) is 0. The van der Waals surface area contributed by atoms with Gasteiger partial charge < -0.3 is 24.8 Å². The molecule has 2 aromatic rings. The maximum absolute atomic E-state index is 11.8. The SMILES string of the molecule is COC(=O)c1ccc(O)c(NC(=NCc2cccs2)N2CCOCC2)c1. The number of nitrogens with zero attached hydrogens (tertiary/aromatic N) is 2. The first-order chi connectivity index (χ1) is 12.7. The van der Waals surface area contributed by atoms with Gasteiger partial charge in [-0.25, -0.2) is 9.79 Å². The summed E-state index contributed by atoms with van der Waals surface area (Å²) in [5.41, 5.74) is 0.761. The maximum atomic E-state index is 11.8. The van der Waals surface area contributed by atoms with Crippen LogP contribution in [0, 0.1) is 0 Å². The zero-order valence-corrected chi connectivity index (χ0v) is 15.3. The second-order valence-electron chi connectivity index (χ2n) is 5.67. The van der Waals surface area contributed by atoms with Gasteiger partial charge in [-0.05, 0) is 29.6 Å². The van der Waals surface area contributed by atoms with E-state index in [0.29, 0.717) is 50.1 Å². The van der Waals surface area contributed by atoms with E-state index in [9.17, 15) is 9.90 Å². The number of morpholine rings is 1. The monoisotopic (exact) mass is 375 g/mol. The molecule has 0 amide bonds. The predicted octanol–water partition coefficient (Wildman–Crippen LogP) is 2.54. The van der Waals surface area contributed by atoms with E-state index in [0.717, 1.165) is 4.88 Å². The number of phenolic OH excluding ortho intramolecular Hbond substituents is 1. The van der Waals surface area contributed by atoms with Gasteiger partial charge in [-0.3, -0.25) is 0 Å². The molecule has 0 radical (unpaired) electrons. The van der Waals surface area contributed by atoms with Crippen molar-refractivity contribution >= 4 is 29.0 Å². The van der Waals surface area contributed by atoms with Crippen molar-refractivity contribution in [1.82, 2.24) is 4.90 Å². The highest BCUT2D eigenvalue weighted by atomic mass is 32.1. The van der Waals surface area contributed by atoms with Gasteiger partial charge in [0.15, 0.2) is 5.96 Å². The number of benzene rings is 1. The highest BCUT2D eigenvalue weighted by Gasteiger charge is 2.18. The number of carbonyl (C=O) groups is 1. The van der Waals surface area contributed by atoms with Gasteiger partial charge in [-0.1, -0.05) is 6.07 Å². The molecular weight excluding hydrogens is 354 g/mol. The van der Waals surface area contributed by atoms with Crippen LogP contribution in [0.4, 0.5) is 5.69 Å². The van der Waals surface area contributed by atoms with Gasteiger partial charge in [0.2, 0.25) is 0 Å². The first-order valence-corrected chi connectivity index (χ1v) is 9.13. The van der Waals surface area contributed by atoms with Crippen LogP contribution in [0.1, 0.15) is 15.2 Å². The number of phenols is 1. The average molecular weight is 375 g/mol. The van der Waals surface area contributed by atoms with E-state index in [1.54, 1.807) is 17.4 Å². The van der Waals surface area contributed by atoms with Crippen LogP contribution in [0.2, 0.25) is 0 Å². The summed E-state index contributed by atoms with van der Waals surface area (Å²) in [7, 11) is 1.32. The van der Waals surface area contributed by atoms with Crippen LogP contribution in [0.25, 0.3) is 0 Å². The molecule has 1 aromatic heterocycles. The lowest BCUT2D eigenvalue weighted by atomic mass is 10.2. The predicted molar refractivity (Wildman–Crippen MR) is 101 cm³/mol. The summed E-state index contributed by atoms with van der Waals surface area (Å²) in [5, 5.41) is 15.4. The van der Waals surface area contributed by atoms with Gasteiger partial charge >= 0.3 is 5.97 Å². The molecule has 0 spiro atoms. The normalized spacial score (nSPS) is 15.0. The Hall–Kier alpha value is -2.58. The fraction of sp³-hybridized carbons (Fsp3) is 0.333. The molecule has 0 bridgehead atoms. The molecule has 7 nitrogen and oxygen atoms in total. The maximum Gasteiger partial charge on any atom is 0.337 e. The molecule has 0 saturated carbocycles. The van der Waals surface area contributed by atoms with Crippen LogP contribution in [0.5, 0.6) is 5.75 Å². The smallest absolute Gasteiger partial charge is 0.337 e. The first-order valence-electron chi connectivity index (χ1n) is 8.25. The van der Waals surface area contributed by atoms with Crippen molar-refractivity contribution < 1.29 is 19.4 Å². The minimum absolute atomic E-state index is 0.0368. The summed E-state index contributed by atoms with van der Waals surface area (Å²) < 4.78 is 10.2. The molecule has 3 rings (SSSR count). The van der Waals surface area contributed by atoms with Crippen molar-refractivity contribution in [2.24, 2.45) is 4.99 Å². The fourth-order valence-electron chi connectivity index (χ4n) is 2.55. The standard InChI is InChI=1S/C18H21N3O4S/c1-24-17(23)13-4-5-16(22)15(11-13)20-18(21-6-8-25-9-7-21)19-12-14-3-2-10-26-14/h2-5,10-11,22H,6-9,12H2,1H3,(H,19,20). The molecule has 1 aromatic carbocycles. The number of hydrogen-bond acceptors (Lipinski definition) is 6. The topological polar surface area (TPSA) is 83.4 Å². The zero-order valence-electron chi connectivity index (χ0n) is 14.5. The Morgan fingerprint density at radius 3 is 2.88 bits per heavy atom. The van der Waals surface area contributed by atoms with E-state index in [-0.39, 0.29) is 5.75 Å². The molecule has 0 aliphatic carbocycles. The lowest BCUT2D eigenvalue weighted by molar-refractivity contribution is 0.0601. The molecule has 2 heterocycles. The number of esters is 1. The highest BCUT2D eigenvalue weighted by molar-refractivity contribution is 7.09. The number of hydrogen-bond donors (Lipinski definition) is 2. The van der Waals surface area contributed by atoms with Gasteiger partial charge in [-0.15, -0.1) is 11.3 Å². The molecule has 1 aliphatic heterocycles. The van der Waals surface area contributed by atoms with Crippen LogP contribution in [-0.4, -0.2) is 55.3 Å². The van der Waals surface area contributed by atoms with Crippen molar-refractivity contribution in [3.05, 3.63) is 46.2 Å². The lowest BCUT2D eigenvalue weighted by Crippen LogP contribution is -2.44. The summed E-state index contributed by atoms with van der Waals surface area (Å²) in [6, 6.07) is 8.56. The molecule has 26 heavy (non-hydrogen) atoms. The average Bonchev–Trinajstić information content (AvgIpc) is 3.20. The van der Waals surface area contributed by atoms with Gasteiger partial charge in [0.1, 0.15) is 5.75 Å². The van der Waals surface area contributed by atoms with Crippen LogP contribution >= 0.6 is 11.3 Å². The van der Waals surface area contributed by atoms with Crippen molar-refractivity contribution in [1.29, 1.82) is 0 Å². The quantitative estimate of drug-likeness (QED) is 0.370. The van der Waals surface area contributed by atoms with Crippen LogP contribution in [0.3, 0.4) is 0 Å².